The molecule has 0 atom stereocenters. The number of carbonyl (C=O) groups is 1. The maximum Gasteiger partial charge on any atom is 0.272 e. The molecule has 1 heterocycles. The third kappa shape index (κ3) is 5.23. The van der Waals surface area contributed by atoms with Gasteiger partial charge in [-0.25, -0.2) is 10.4 Å². The minimum atomic E-state index is -0.353. The van der Waals surface area contributed by atoms with Gasteiger partial charge < -0.3 is 9.84 Å². The molecule has 0 saturated carbocycles. The third-order valence-corrected chi connectivity index (χ3v) is 6.05. The predicted octanol–water partition coefficient (Wildman–Crippen LogP) is 6.30. The number of ether oxygens (including phenoxy) is 1. The lowest BCUT2D eigenvalue weighted by molar-refractivity contribution is 0.0956. The zero-order chi connectivity index (χ0) is 23.4. The Balaban J connectivity index is 1.64. The zero-order valence-electron chi connectivity index (χ0n) is 17.5. The lowest BCUT2D eigenvalue weighted by atomic mass is 10.0. The van der Waals surface area contributed by atoms with Gasteiger partial charge in [0.1, 0.15) is 11.5 Å². The van der Waals surface area contributed by atoms with Crippen molar-refractivity contribution in [3.05, 3.63) is 86.8 Å². The number of benzene rings is 3. The fourth-order valence-corrected chi connectivity index (χ4v) is 4.51. The molecular weight excluding hydrogens is 550 g/mol. The standard InChI is InChI=1S/C25H19Br2N3O3/c1-2-33-17-9-7-16(8-10-17)23-13-19(18-5-3-4-6-22(18)29-23)25(32)30-28-14-15-11-20(26)24(31)21(27)12-15/h3-14,31H,2H2,1H3,(H,30,32). The maximum atomic E-state index is 13.0. The Morgan fingerprint density at radius 1 is 1.09 bits per heavy atom. The number of hydrogen-bond acceptors (Lipinski definition) is 5. The summed E-state index contributed by atoms with van der Waals surface area (Å²) < 4.78 is 6.55. The van der Waals surface area contributed by atoms with E-state index in [0.717, 1.165) is 16.7 Å². The predicted molar refractivity (Wildman–Crippen MR) is 137 cm³/mol. The van der Waals surface area contributed by atoms with Gasteiger partial charge in [0.15, 0.2) is 0 Å². The summed E-state index contributed by atoms with van der Waals surface area (Å²) in [4.78, 5) is 17.8. The number of aromatic nitrogens is 1. The number of para-hydroxylation sites is 1. The van der Waals surface area contributed by atoms with Gasteiger partial charge in [0.25, 0.3) is 5.91 Å². The van der Waals surface area contributed by atoms with Gasteiger partial charge in [0.2, 0.25) is 0 Å². The molecule has 0 bridgehead atoms. The second-order valence-electron chi connectivity index (χ2n) is 7.06. The van der Waals surface area contributed by atoms with Crippen LogP contribution in [0.15, 0.2) is 80.8 Å². The van der Waals surface area contributed by atoms with Gasteiger partial charge in [-0.15, -0.1) is 0 Å². The van der Waals surface area contributed by atoms with Crippen molar-refractivity contribution in [3.63, 3.8) is 0 Å². The highest BCUT2D eigenvalue weighted by Crippen LogP contribution is 2.33. The Bertz CT molecular complexity index is 1330. The van der Waals surface area contributed by atoms with E-state index in [0.29, 0.717) is 37.9 Å². The van der Waals surface area contributed by atoms with E-state index < -0.39 is 0 Å². The number of fused-ring (bicyclic) bond motifs is 1. The highest BCUT2D eigenvalue weighted by atomic mass is 79.9. The Morgan fingerprint density at radius 3 is 2.48 bits per heavy atom. The number of phenols is 1. The van der Waals surface area contributed by atoms with Crippen molar-refractivity contribution in [3.8, 4) is 22.8 Å². The van der Waals surface area contributed by atoms with E-state index >= 15 is 0 Å². The molecule has 1 aromatic heterocycles. The second kappa shape index (κ2) is 10.1. The molecule has 0 fully saturated rings. The summed E-state index contributed by atoms with van der Waals surface area (Å²) in [6.07, 6.45) is 1.50. The lowest BCUT2D eigenvalue weighted by Gasteiger charge is -2.10. The van der Waals surface area contributed by atoms with Crippen LogP contribution in [0.2, 0.25) is 0 Å². The molecule has 33 heavy (non-hydrogen) atoms. The van der Waals surface area contributed by atoms with Crippen molar-refractivity contribution in [1.29, 1.82) is 0 Å². The first-order chi connectivity index (χ1) is 16.0. The first-order valence-electron chi connectivity index (χ1n) is 10.1. The molecule has 4 aromatic rings. The van der Waals surface area contributed by atoms with Gasteiger partial charge in [-0.3, -0.25) is 4.79 Å². The molecule has 0 aliphatic carbocycles. The summed E-state index contributed by atoms with van der Waals surface area (Å²) >= 11 is 6.56. The zero-order valence-corrected chi connectivity index (χ0v) is 20.7. The molecule has 4 rings (SSSR count). The minimum Gasteiger partial charge on any atom is -0.506 e. The number of nitrogens with zero attached hydrogens (tertiary/aromatic N) is 2. The van der Waals surface area contributed by atoms with E-state index in [4.69, 9.17) is 9.72 Å². The van der Waals surface area contributed by atoms with Crippen molar-refractivity contribution in [2.75, 3.05) is 6.61 Å². The van der Waals surface area contributed by atoms with E-state index in [1.807, 2.05) is 55.5 Å². The summed E-state index contributed by atoms with van der Waals surface area (Å²) in [5.41, 5.74) is 6.02. The smallest absolute Gasteiger partial charge is 0.272 e. The van der Waals surface area contributed by atoms with Crippen LogP contribution in [-0.4, -0.2) is 28.8 Å². The normalized spacial score (nSPS) is 11.1. The molecule has 0 aliphatic heterocycles. The molecular formula is C25H19Br2N3O3. The van der Waals surface area contributed by atoms with Gasteiger partial charge in [-0.05, 0) is 92.9 Å². The van der Waals surface area contributed by atoms with E-state index in [-0.39, 0.29) is 11.7 Å². The number of aromatic hydroxyl groups is 1. The van der Waals surface area contributed by atoms with Crippen LogP contribution in [0.1, 0.15) is 22.8 Å². The van der Waals surface area contributed by atoms with Gasteiger partial charge in [-0.1, -0.05) is 18.2 Å². The van der Waals surface area contributed by atoms with Crippen LogP contribution in [0.25, 0.3) is 22.2 Å². The molecule has 1 amide bonds. The molecule has 2 N–H and O–H groups in total. The van der Waals surface area contributed by atoms with Gasteiger partial charge >= 0.3 is 0 Å². The highest BCUT2D eigenvalue weighted by Gasteiger charge is 2.14. The molecule has 6 nitrogen and oxygen atoms in total. The highest BCUT2D eigenvalue weighted by molar-refractivity contribution is 9.11. The quantitative estimate of drug-likeness (QED) is 0.211. The van der Waals surface area contributed by atoms with Crippen molar-refractivity contribution in [2.24, 2.45) is 5.10 Å². The van der Waals surface area contributed by atoms with Crippen LogP contribution in [0.4, 0.5) is 0 Å². The van der Waals surface area contributed by atoms with E-state index in [9.17, 15) is 9.90 Å². The Kier molecular flexibility index (Phi) is 7.05. The van der Waals surface area contributed by atoms with Crippen molar-refractivity contribution < 1.29 is 14.6 Å². The van der Waals surface area contributed by atoms with Crippen LogP contribution >= 0.6 is 31.9 Å². The van der Waals surface area contributed by atoms with Crippen molar-refractivity contribution >= 4 is 54.9 Å². The van der Waals surface area contributed by atoms with Crippen LogP contribution in [-0.2, 0) is 0 Å². The Morgan fingerprint density at radius 2 is 1.79 bits per heavy atom. The third-order valence-electron chi connectivity index (χ3n) is 4.84. The molecule has 0 saturated heterocycles. The molecule has 0 spiro atoms. The number of nitrogens with one attached hydrogen (secondary N) is 1. The molecule has 0 aliphatic rings. The van der Waals surface area contributed by atoms with Crippen LogP contribution in [0.3, 0.4) is 0 Å². The fourth-order valence-electron chi connectivity index (χ4n) is 3.29. The van der Waals surface area contributed by atoms with E-state index in [1.165, 1.54) is 6.21 Å². The van der Waals surface area contributed by atoms with Gasteiger partial charge in [0.05, 0.1) is 38.5 Å². The topological polar surface area (TPSA) is 83.8 Å². The molecule has 0 radical (unpaired) electrons. The largest absolute Gasteiger partial charge is 0.506 e. The molecule has 8 heteroatoms. The SMILES string of the molecule is CCOc1ccc(-c2cc(C(=O)NN=Cc3cc(Br)c(O)c(Br)c3)c3ccccc3n2)cc1. The minimum absolute atomic E-state index is 0.0984. The van der Waals surface area contributed by atoms with Crippen LogP contribution < -0.4 is 10.2 Å². The Hall–Kier alpha value is -3.23. The summed E-state index contributed by atoms with van der Waals surface area (Å²) in [6, 6.07) is 20.2. The summed E-state index contributed by atoms with van der Waals surface area (Å²) in [5, 5.41) is 14.7. The Labute approximate surface area is 207 Å². The molecule has 0 unspecified atom stereocenters. The average Bonchev–Trinajstić information content (AvgIpc) is 2.82. The molecule has 3 aromatic carbocycles. The van der Waals surface area contributed by atoms with Crippen molar-refractivity contribution in [2.45, 2.75) is 6.92 Å². The summed E-state index contributed by atoms with van der Waals surface area (Å²) in [6.45, 7) is 2.53. The first-order valence-corrected chi connectivity index (χ1v) is 11.7. The van der Waals surface area contributed by atoms with Gasteiger partial charge in [0, 0.05) is 10.9 Å². The number of hydrazone groups is 1. The van der Waals surface area contributed by atoms with Crippen LogP contribution in [0, 0.1) is 0 Å². The average molecular weight is 569 g/mol. The number of pyridine rings is 1. The maximum absolute atomic E-state index is 13.0. The number of halogens is 2. The number of phenolic OH excluding ortho intramolecular Hbond substituents is 1. The van der Waals surface area contributed by atoms with Gasteiger partial charge in [-0.2, -0.15) is 5.10 Å². The lowest BCUT2D eigenvalue weighted by Crippen LogP contribution is -2.18. The second-order valence-corrected chi connectivity index (χ2v) is 8.77. The number of carbonyl (C=O) groups excluding carboxylic acids is 1. The van der Waals surface area contributed by atoms with E-state index in [1.54, 1.807) is 18.2 Å². The number of amides is 1. The summed E-state index contributed by atoms with van der Waals surface area (Å²) in [5.74, 6) is 0.525. The summed E-state index contributed by atoms with van der Waals surface area (Å²) in [7, 11) is 0. The molecule has 166 valence electrons. The van der Waals surface area contributed by atoms with Crippen molar-refractivity contribution in [1.82, 2.24) is 10.4 Å². The monoisotopic (exact) mass is 567 g/mol. The number of hydrogen-bond donors (Lipinski definition) is 2. The van der Waals surface area contributed by atoms with E-state index in [2.05, 4.69) is 42.4 Å². The first kappa shape index (κ1) is 22.9. The fraction of sp³-hybridized carbons (Fsp3) is 0.0800. The number of rotatable bonds is 6. The van der Waals surface area contributed by atoms with Crippen LogP contribution in [0.5, 0.6) is 11.5 Å².